The van der Waals surface area contributed by atoms with Gasteiger partial charge in [-0.05, 0) is 98.8 Å². The summed E-state index contributed by atoms with van der Waals surface area (Å²) < 4.78 is 7.62. The van der Waals surface area contributed by atoms with Crippen LogP contribution in [0.25, 0.3) is 101 Å². The summed E-state index contributed by atoms with van der Waals surface area (Å²) >= 11 is 3.75. The molecule has 4 heterocycles. The van der Waals surface area contributed by atoms with Gasteiger partial charge in [-0.15, -0.1) is 22.7 Å². The third kappa shape index (κ3) is 6.08. The van der Waals surface area contributed by atoms with Crippen molar-refractivity contribution >= 4 is 118 Å². The SMILES string of the molecule is CC[C@@H]1C(c2ccc(-c3ccccc3)cc2)=NC(c2cc(-n3c4ccccc4c4cc5ccccc5cc43)c3c(c2)sc2cc4ccccc4cc23)=NC1c1cccc2c1sc1ccccc12. The summed E-state index contributed by atoms with van der Waals surface area (Å²) in [6.07, 6.45) is 0.894. The standard InChI is InChI=1S/C62H41N3S2/c1-2-45-59(39-29-27-38(28-30-39)37-15-4-3-5-16-37)63-62(64-60(45)49-24-14-23-48-47-22-11-13-26-55(47)67-61(48)49)44-34-54(58-51-32-41-18-7-9-20-43(41)35-56(51)66-57(58)36-44)65-52-25-12-10-21-46(52)50-31-40-17-6-8-19-42(40)33-53(50)65/h3-36,45,60H,2H2,1H3/t45-,60?/m1/s1. The maximum absolute atomic E-state index is 5.86. The number of hydrogen-bond acceptors (Lipinski definition) is 4. The molecule has 1 unspecified atom stereocenters. The minimum Gasteiger partial charge on any atom is -0.309 e. The minimum atomic E-state index is -0.149. The highest BCUT2D eigenvalue weighted by atomic mass is 32.1. The second kappa shape index (κ2) is 15.2. The van der Waals surface area contributed by atoms with E-state index in [1.54, 1.807) is 0 Å². The van der Waals surface area contributed by atoms with E-state index in [1.165, 1.54) is 100 Å². The maximum atomic E-state index is 5.86. The van der Waals surface area contributed by atoms with Crippen molar-refractivity contribution in [1.82, 2.24) is 4.57 Å². The maximum Gasteiger partial charge on any atom is 0.155 e. The molecule has 14 rings (SSSR count). The van der Waals surface area contributed by atoms with Gasteiger partial charge in [-0.2, -0.15) is 0 Å². The summed E-state index contributed by atoms with van der Waals surface area (Å²) in [6, 6.07) is 75.9. The highest BCUT2D eigenvalue weighted by Gasteiger charge is 2.34. The van der Waals surface area contributed by atoms with Gasteiger partial charge in [0.1, 0.15) is 0 Å². The summed E-state index contributed by atoms with van der Waals surface area (Å²) in [7, 11) is 0. The molecule has 13 aromatic rings. The molecular weight excluding hydrogens is 851 g/mol. The fraction of sp³-hybridized carbons (Fsp3) is 0.0645. The van der Waals surface area contributed by atoms with Crippen LogP contribution in [0.1, 0.15) is 36.1 Å². The van der Waals surface area contributed by atoms with E-state index in [9.17, 15) is 0 Å². The molecule has 0 bridgehead atoms. The number of fused-ring (bicyclic) bond motifs is 11. The van der Waals surface area contributed by atoms with Gasteiger partial charge in [0.05, 0.1) is 28.5 Å². The first kappa shape index (κ1) is 38.6. The highest BCUT2D eigenvalue weighted by Crippen LogP contribution is 2.47. The third-order valence-electron chi connectivity index (χ3n) is 14.2. The first-order valence-corrected chi connectivity index (χ1v) is 24.8. The molecule has 1 aliphatic rings. The molecule has 0 N–H and O–H groups in total. The number of amidine groups is 1. The molecule has 1 aliphatic heterocycles. The van der Waals surface area contributed by atoms with Crippen LogP contribution >= 0.6 is 22.7 Å². The first-order chi connectivity index (χ1) is 33.1. The van der Waals surface area contributed by atoms with Crippen molar-refractivity contribution in [3.8, 4) is 16.8 Å². The van der Waals surface area contributed by atoms with Gasteiger partial charge in [0.2, 0.25) is 0 Å². The number of rotatable bonds is 6. The molecule has 0 fully saturated rings. The number of nitrogens with zero attached hydrogens (tertiary/aromatic N) is 3. The zero-order chi connectivity index (χ0) is 44.2. The summed E-state index contributed by atoms with van der Waals surface area (Å²) in [6.45, 7) is 2.30. The van der Waals surface area contributed by atoms with Gasteiger partial charge in [0.25, 0.3) is 0 Å². The molecule has 0 amide bonds. The normalized spacial score (nSPS) is 15.5. The number of aliphatic imine (C=N–C) groups is 2. The topological polar surface area (TPSA) is 29.6 Å². The number of aromatic nitrogens is 1. The van der Waals surface area contributed by atoms with Crippen molar-refractivity contribution in [2.75, 3.05) is 0 Å². The van der Waals surface area contributed by atoms with Crippen LogP contribution in [0.4, 0.5) is 0 Å². The van der Waals surface area contributed by atoms with E-state index in [2.05, 4.69) is 218 Å². The number of thiophene rings is 2. The van der Waals surface area contributed by atoms with E-state index >= 15 is 0 Å². The highest BCUT2D eigenvalue weighted by molar-refractivity contribution is 7.26. The van der Waals surface area contributed by atoms with E-state index in [-0.39, 0.29) is 12.0 Å². The Morgan fingerprint density at radius 1 is 0.448 bits per heavy atom. The number of hydrogen-bond donors (Lipinski definition) is 0. The summed E-state index contributed by atoms with van der Waals surface area (Å²) in [5.74, 6) is 0.833. The van der Waals surface area contributed by atoms with Crippen molar-refractivity contribution in [3.63, 3.8) is 0 Å². The molecule has 0 radical (unpaired) electrons. The van der Waals surface area contributed by atoms with E-state index < -0.39 is 0 Å². The number of benzene rings is 10. The Bertz CT molecular complexity index is 4210. The van der Waals surface area contributed by atoms with Gasteiger partial charge in [0, 0.05) is 62.6 Å². The van der Waals surface area contributed by atoms with Crippen LogP contribution in [0.2, 0.25) is 0 Å². The molecule has 2 atom stereocenters. The molecule has 0 saturated heterocycles. The molecule has 67 heavy (non-hydrogen) atoms. The lowest BCUT2D eigenvalue weighted by Gasteiger charge is -2.30. The quantitative estimate of drug-likeness (QED) is 0.159. The molecule has 5 heteroatoms. The molecule has 0 aliphatic carbocycles. The smallest absolute Gasteiger partial charge is 0.155 e. The van der Waals surface area contributed by atoms with Crippen LogP contribution in [0.3, 0.4) is 0 Å². The molecule has 3 aromatic heterocycles. The first-order valence-electron chi connectivity index (χ1n) is 23.2. The monoisotopic (exact) mass is 891 g/mol. The molecule has 10 aromatic carbocycles. The summed E-state index contributed by atoms with van der Waals surface area (Å²) in [5.41, 5.74) is 10.4. The van der Waals surface area contributed by atoms with E-state index in [4.69, 9.17) is 9.98 Å². The minimum absolute atomic E-state index is 0.0627. The summed E-state index contributed by atoms with van der Waals surface area (Å²) in [5, 5.41) is 12.5. The third-order valence-corrected chi connectivity index (χ3v) is 16.5. The van der Waals surface area contributed by atoms with Crippen molar-refractivity contribution in [2.45, 2.75) is 19.4 Å². The zero-order valence-electron chi connectivity index (χ0n) is 36.6. The zero-order valence-corrected chi connectivity index (χ0v) is 38.3. The van der Waals surface area contributed by atoms with E-state index in [0.29, 0.717) is 0 Å². The van der Waals surface area contributed by atoms with Crippen molar-refractivity contribution in [3.05, 3.63) is 223 Å². The molecule has 3 nitrogen and oxygen atoms in total. The van der Waals surface area contributed by atoms with Crippen molar-refractivity contribution < 1.29 is 0 Å². The lowest BCUT2D eigenvalue weighted by Crippen LogP contribution is -2.28. The molecular formula is C62H41N3S2. The van der Waals surface area contributed by atoms with E-state index in [0.717, 1.165) is 34.8 Å². The van der Waals surface area contributed by atoms with Crippen LogP contribution in [0, 0.1) is 5.92 Å². The molecule has 316 valence electrons. The Morgan fingerprint density at radius 3 is 1.88 bits per heavy atom. The van der Waals surface area contributed by atoms with Crippen LogP contribution < -0.4 is 0 Å². The predicted molar refractivity (Wildman–Crippen MR) is 289 cm³/mol. The predicted octanol–water partition coefficient (Wildman–Crippen LogP) is 17.5. The number of para-hydroxylation sites is 1. The fourth-order valence-corrected chi connectivity index (χ4v) is 13.4. The second-order valence-corrected chi connectivity index (χ2v) is 20.0. The van der Waals surface area contributed by atoms with Crippen LogP contribution in [0.15, 0.2) is 216 Å². The van der Waals surface area contributed by atoms with Crippen LogP contribution in [0.5, 0.6) is 0 Å². The Labute approximate surface area is 395 Å². The van der Waals surface area contributed by atoms with Gasteiger partial charge >= 0.3 is 0 Å². The van der Waals surface area contributed by atoms with Crippen LogP contribution in [-0.2, 0) is 0 Å². The Balaban J connectivity index is 1.06. The van der Waals surface area contributed by atoms with Crippen molar-refractivity contribution in [2.24, 2.45) is 15.9 Å². The largest absolute Gasteiger partial charge is 0.309 e. The summed E-state index contributed by atoms with van der Waals surface area (Å²) in [4.78, 5) is 11.6. The Morgan fingerprint density at radius 2 is 1.09 bits per heavy atom. The van der Waals surface area contributed by atoms with Crippen LogP contribution in [-0.4, -0.2) is 16.1 Å². The average Bonchev–Trinajstić information content (AvgIpc) is 4.06. The van der Waals surface area contributed by atoms with Gasteiger partial charge in [-0.25, -0.2) is 4.99 Å². The molecule has 0 spiro atoms. The fourth-order valence-electron chi connectivity index (χ4n) is 11.0. The lowest BCUT2D eigenvalue weighted by atomic mass is 9.82. The molecule has 0 saturated carbocycles. The average molecular weight is 892 g/mol. The Kier molecular flexibility index (Phi) is 8.73. The lowest BCUT2D eigenvalue weighted by molar-refractivity contribution is 0.536. The van der Waals surface area contributed by atoms with Gasteiger partial charge in [-0.3, -0.25) is 4.99 Å². The second-order valence-electron chi connectivity index (χ2n) is 17.9. The van der Waals surface area contributed by atoms with Gasteiger partial charge in [-0.1, -0.05) is 165 Å². The Hall–Kier alpha value is -7.70. The van der Waals surface area contributed by atoms with Gasteiger partial charge in [0.15, 0.2) is 5.84 Å². The van der Waals surface area contributed by atoms with Crippen molar-refractivity contribution in [1.29, 1.82) is 0 Å². The van der Waals surface area contributed by atoms with Gasteiger partial charge < -0.3 is 4.57 Å². The van der Waals surface area contributed by atoms with E-state index in [1.807, 2.05) is 22.7 Å².